The van der Waals surface area contributed by atoms with Crippen LogP contribution >= 0.6 is 0 Å². The number of hydrogen-bond acceptors (Lipinski definition) is 2. The van der Waals surface area contributed by atoms with E-state index in [0.717, 1.165) is 11.3 Å². The maximum absolute atomic E-state index is 6.00. The molecule has 3 nitrogen and oxygen atoms in total. The van der Waals surface area contributed by atoms with Crippen LogP contribution in [0.15, 0.2) is 42.9 Å². The van der Waals surface area contributed by atoms with Crippen molar-refractivity contribution >= 4 is 0 Å². The third kappa shape index (κ3) is 1.60. The van der Waals surface area contributed by atoms with Gasteiger partial charge in [-0.1, -0.05) is 0 Å². The average molecular weight is 173 g/mol. The van der Waals surface area contributed by atoms with Gasteiger partial charge >= 0.3 is 0 Å². The van der Waals surface area contributed by atoms with Crippen LogP contribution in [0.25, 0.3) is 0 Å². The molecule has 0 aliphatic carbocycles. The number of H-pyrrole nitrogens is 1. The fourth-order valence-corrected chi connectivity index (χ4v) is 1.29. The summed E-state index contributed by atoms with van der Waals surface area (Å²) in [6, 6.07) is 7.68. The molecule has 1 atom stereocenters. The van der Waals surface area contributed by atoms with Crippen LogP contribution in [0.1, 0.15) is 17.3 Å². The van der Waals surface area contributed by atoms with Crippen molar-refractivity contribution in [2.75, 3.05) is 0 Å². The average Bonchev–Trinajstić information content (AvgIpc) is 2.71. The van der Waals surface area contributed by atoms with E-state index < -0.39 is 0 Å². The fraction of sp³-hybridized carbons (Fsp3) is 0.100. The summed E-state index contributed by atoms with van der Waals surface area (Å²) in [5.41, 5.74) is 8.09. The Balaban J connectivity index is 2.29. The molecule has 0 radical (unpaired) electrons. The predicted octanol–water partition coefficient (Wildman–Crippen LogP) is 1.46. The van der Waals surface area contributed by atoms with E-state index in [2.05, 4.69) is 9.97 Å². The molecule has 0 spiro atoms. The zero-order valence-corrected chi connectivity index (χ0v) is 7.14. The lowest BCUT2D eigenvalue weighted by Crippen LogP contribution is -2.11. The summed E-state index contributed by atoms with van der Waals surface area (Å²) < 4.78 is 0. The van der Waals surface area contributed by atoms with E-state index in [0.29, 0.717) is 0 Å². The largest absolute Gasteiger partial charge is 0.363 e. The summed E-state index contributed by atoms with van der Waals surface area (Å²) in [6.07, 6.45) is 5.37. The Labute approximate surface area is 76.6 Å². The van der Waals surface area contributed by atoms with E-state index in [1.54, 1.807) is 12.4 Å². The highest BCUT2D eigenvalue weighted by molar-refractivity contribution is 5.25. The second kappa shape index (κ2) is 3.41. The molecular formula is C10H11N3. The van der Waals surface area contributed by atoms with Crippen LogP contribution < -0.4 is 5.73 Å². The van der Waals surface area contributed by atoms with Crippen molar-refractivity contribution in [2.45, 2.75) is 6.04 Å². The molecule has 0 aromatic carbocycles. The maximum atomic E-state index is 6.00. The van der Waals surface area contributed by atoms with Crippen molar-refractivity contribution in [1.29, 1.82) is 0 Å². The van der Waals surface area contributed by atoms with Crippen molar-refractivity contribution in [3.05, 3.63) is 54.1 Å². The highest BCUT2D eigenvalue weighted by Crippen LogP contribution is 2.15. The van der Waals surface area contributed by atoms with Gasteiger partial charge < -0.3 is 10.7 Å². The first-order valence-electron chi connectivity index (χ1n) is 4.17. The van der Waals surface area contributed by atoms with E-state index in [9.17, 15) is 0 Å². The summed E-state index contributed by atoms with van der Waals surface area (Å²) in [4.78, 5) is 7.03. The zero-order valence-electron chi connectivity index (χ0n) is 7.14. The molecule has 0 saturated carbocycles. The fourth-order valence-electron chi connectivity index (χ4n) is 1.29. The second-order valence-electron chi connectivity index (χ2n) is 2.88. The van der Waals surface area contributed by atoms with Crippen molar-refractivity contribution in [3.63, 3.8) is 0 Å². The summed E-state index contributed by atoms with van der Waals surface area (Å²) in [7, 11) is 0. The first-order valence-corrected chi connectivity index (χ1v) is 4.17. The predicted molar refractivity (Wildman–Crippen MR) is 51.1 cm³/mol. The van der Waals surface area contributed by atoms with Gasteiger partial charge in [0, 0.05) is 24.3 Å². The second-order valence-corrected chi connectivity index (χ2v) is 2.88. The Bertz CT molecular complexity index is 353. The summed E-state index contributed by atoms with van der Waals surface area (Å²) >= 11 is 0. The first kappa shape index (κ1) is 8.01. The zero-order chi connectivity index (χ0) is 9.10. The molecule has 0 aliphatic heterocycles. The van der Waals surface area contributed by atoms with E-state index >= 15 is 0 Å². The van der Waals surface area contributed by atoms with Crippen LogP contribution in [-0.2, 0) is 0 Å². The van der Waals surface area contributed by atoms with Gasteiger partial charge in [-0.25, -0.2) is 0 Å². The number of aromatic amines is 1. The van der Waals surface area contributed by atoms with Crippen LogP contribution in [0.3, 0.4) is 0 Å². The molecule has 66 valence electrons. The van der Waals surface area contributed by atoms with Gasteiger partial charge in [0.15, 0.2) is 0 Å². The first-order chi connectivity index (χ1) is 6.38. The third-order valence-corrected chi connectivity index (χ3v) is 2.02. The maximum Gasteiger partial charge on any atom is 0.0705 e. The van der Waals surface area contributed by atoms with Crippen LogP contribution in [-0.4, -0.2) is 9.97 Å². The Morgan fingerprint density at radius 2 is 2.00 bits per heavy atom. The molecule has 0 amide bonds. The molecule has 0 aliphatic rings. The molecule has 0 saturated heterocycles. The number of rotatable bonds is 2. The van der Waals surface area contributed by atoms with Crippen molar-refractivity contribution in [1.82, 2.24) is 9.97 Å². The normalized spacial score (nSPS) is 12.7. The van der Waals surface area contributed by atoms with Gasteiger partial charge in [-0.15, -0.1) is 0 Å². The summed E-state index contributed by atoms with van der Waals surface area (Å²) in [6.45, 7) is 0. The van der Waals surface area contributed by atoms with Crippen molar-refractivity contribution in [3.8, 4) is 0 Å². The van der Waals surface area contributed by atoms with Crippen LogP contribution in [0.2, 0.25) is 0 Å². The molecule has 2 aromatic rings. The van der Waals surface area contributed by atoms with E-state index in [1.807, 2.05) is 30.5 Å². The van der Waals surface area contributed by atoms with Gasteiger partial charge in [0.05, 0.1) is 6.04 Å². The minimum absolute atomic E-state index is 0.0852. The monoisotopic (exact) mass is 173 g/mol. The minimum atomic E-state index is -0.0852. The number of aromatic nitrogens is 2. The molecule has 0 fully saturated rings. The Hall–Kier alpha value is -1.61. The SMILES string of the molecule is NC(c1ccncc1)c1ccc[nH]1. The Kier molecular flexibility index (Phi) is 2.10. The topological polar surface area (TPSA) is 54.7 Å². The van der Waals surface area contributed by atoms with Crippen LogP contribution in [0.5, 0.6) is 0 Å². The molecule has 1 unspecified atom stereocenters. The van der Waals surface area contributed by atoms with Crippen LogP contribution in [0, 0.1) is 0 Å². The van der Waals surface area contributed by atoms with Gasteiger partial charge in [0.2, 0.25) is 0 Å². The molecule has 2 heterocycles. The highest BCUT2D eigenvalue weighted by Gasteiger charge is 2.07. The minimum Gasteiger partial charge on any atom is -0.363 e. The highest BCUT2D eigenvalue weighted by atomic mass is 14.8. The Morgan fingerprint density at radius 3 is 2.62 bits per heavy atom. The lowest BCUT2D eigenvalue weighted by atomic mass is 10.1. The van der Waals surface area contributed by atoms with Gasteiger partial charge in [-0.05, 0) is 29.8 Å². The van der Waals surface area contributed by atoms with Gasteiger partial charge in [0.25, 0.3) is 0 Å². The van der Waals surface area contributed by atoms with Gasteiger partial charge in [0.1, 0.15) is 0 Å². The summed E-state index contributed by atoms with van der Waals surface area (Å²) in [5, 5.41) is 0. The lowest BCUT2D eigenvalue weighted by molar-refractivity contribution is 0.836. The molecule has 3 heteroatoms. The smallest absolute Gasteiger partial charge is 0.0705 e. The molecule has 0 bridgehead atoms. The van der Waals surface area contributed by atoms with E-state index in [1.165, 1.54) is 0 Å². The number of nitrogens with one attached hydrogen (secondary N) is 1. The van der Waals surface area contributed by atoms with E-state index in [-0.39, 0.29) is 6.04 Å². The van der Waals surface area contributed by atoms with Crippen molar-refractivity contribution in [2.24, 2.45) is 5.73 Å². The standard InChI is InChI=1S/C10H11N3/c11-10(9-2-1-5-13-9)8-3-6-12-7-4-8/h1-7,10,13H,11H2. The van der Waals surface area contributed by atoms with Gasteiger partial charge in [-0.2, -0.15) is 0 Å². The lowest BCUT2D eigenvalue weighted by Gasteiger charge is -2.08. The number of nitrogens with zero attached hydrogens (tertiary/aromatic N) is 1. The number of hydrogen-bond donors (Lipinski definition) is 2. The molecule has 3 N–H and O–H groups in total. The third-order valence-electron chi connectivity index (χ3n) is 2.02. The Morgan fingerprint density at radius 1 is 1.23 bits per heavy atom. The van der Waals surface area contributed by atoms with E-state index in [4.69, 9.17) is 5.73 Å². The molecular weight excluding hydrogens is 162 g/mol. The van der Waals surface area contributed by atoms with Gasteiger partial charge in [-0.3, -0.25) is 4.98 Å². The summed E-state index contributed by atoms with van der Waals surface area (Å²) in [5.74, 6) is 0. The number of nitrogens with two attached hydrogens (primary N) is 1. The van der Waals surface area contributed by atoms with Crippen LogP contribution in [0.4, 0.5) is 0 Å². The van der Waals surface area contributed by atoms with Crippen molar-refractivity contribution < 1.29 is 0 Å². The molecule has 2 rings (SSSR count). The quantitative estimate of drug-likeness (QED) is 0.722. The molecule has 2 aromatic heterocycles. The molecule has 13 heavy (non-hydrogen) atoms. The number of pyridine rings is 1.